The summed E-state index contributed by atoms with van der Waals surface area (Å²) in [6.07, 6.45) is 2.17. The summed E-state index contributed by atoms with van der Waals surface area (Å²) in [6.45, 7) is 1.96. The fraction of sp³-hybridized carbons (Fsp3) is 0.192. The first-order chi connectivity index (χ1) is 15.7. The SMILES string of the molecule is COc1ccccc1[C@H]1C[C@@H](c2ccccc2)N(C(=O)c2ccccc2C)c2ncnn21. The van der Waals surface area contributed by atoms with E-state index in [0.29, 0.717) is 17.9 Å². The Labute approximate surface area is 187 Å². The van der Waals surface area contributed by atoms with E-state index in [-0.39, 0.29) is 18.0 Å². The molecular weight excluding hydrogens is 400 g/mol. The molecule has 4 aromatic rings. The van der Waals surface area contributed by atoms with Gasteiger partial charge in [-0.05, 0) is 36.6 Å². The van der Waals surface area contributed by atoms with Crippen LogP contribution in [0.2, 0.25) is 0 Å². The zero-order chi connectivity index (χ0) is 22.1. The van der Waals surface area contributed by atoms with Gasteiger partial charge in [0.05, 0.1) is 19.2 Å². The van der Waals surface area contributed by atoms with Crippen LogP contribution in [0.15, 0.2) is 85.2 Å². The maximum Gasteiger partial charge on any atom is 0.261 e. The Hall–Kier alpha value is -3.93. The largest absolute Gasteiger partial charge is 0.496 e. The van der Waals surface area contributed by atoms with Gasteiger partial charge in [0.2, 0.25) is 5.95 Å². The molecule has 0 fully saturated rings. The van der Waals surface area contributed by atoms with Gasteiger partial charge in [-0.15, -0.1) is 0 Å². The van der Waals surface area contributed by atoms with Gasteiger partial charge >= 0.3 is 0 Å². The Morgan fingerprint density at radius 3 is 2.44 bits per heavy atom. The van der Waals surface area contributed by atoms with E-state index in [1.54, 1.807) is 12.0 Å². The Morgan fingerprint density at radius 2 is 1.66 bits per heavy atom. The average molecular weight is 425 g/mol. The summed E-state index contributed by atoms with van der Waals surface area (Å²) in [5, 5.41) is 4.52. The molecule has 1 amide bonds. The summed E-state index contributed by atoms with van der Waals surface area (Å²) in [7, 11) is 1.67. The second kappa shape index (κ2) is 8.30. The van der Waals surface area contributed by atoms with Crippen molar-refractivity contribution in [3.8, 4) is 5.75 Å². The molecule has 0 unspecified atom stereocenters. The Balaban J connectivity index is 1.68. The highest BCUT2D eigenvalue weighted by molar-refractivity contribution is 6.06. The molecule has 0 N–H and O–H groups in total. The molecule has 6 nitrogen and oxygen atoms in total. The lowest BCUT2D eigenvalue weighted by Crippen LogP contribution is -2.43. The quantitative estimate of drug-likeness (QED) is 0.464. The molecule has 1 aliphatic rings. The van der Waals surface area contributed by atoms with Crippen LogP contribution in [-0.4, -0.2) is 27.8 Å². The number of hydrogen-bond acceptors (Lipinski definition) is 4. The topological polar surface area (TPSA) is 60.2 Å². The van der Waals surface area contributed by atoms with Crippen molar-refractivity contribution in [2.24, 2.45) is 0 Å². The molecule has 0 aliphatic carbocycles. The first kappa shape index (κ1) is 20.0. The summed E-state index contributed by atoms with van der Waals surface area (Å²) < 4.78 is 7.49. The number of carbonyl (C=O) groups is 1. The molecule has 1 aliphatic heterocycles. The van der Waals surface area contributed by atoms with Gasteiger partial charge < -0.3 is 4.74 Å². The molecule has 160 valence electrons. The lowest BCUT2D eigenvalue weighted by atomic mass is 9.91. The molecule has 0 bridgehead atoms. The van der Waals surface area contributed by atoms with Gasteiger partial charge in [0.1, 0.15) is 12.1 Å². The molecule has 6 heteroatoms. The molecule has 0 saturated heterocycles. The highest BCUT2D eigenvalue weighted by atomic mass is 16.5. The van der Waals surface area contributed by atoms with Crippen LogP contribution >= 0.6 is 0 Å². The Morgan fingerprint density at radius 1 is 0.938 bits per heavy atom. The first-order valence-corrected chi connectivity index (χ1v) is 10.7. The third kappa shape index (κ3) is 3.34. The number of fused-ring (bicyclic) bond motifs is 1. The second-order valence-corrected chi connectivity index (χ2v) is 7.91. The number of aryl methyl sites for hydroxylation is 1. The van der Waals surface area contributed by atoms with E-state index in [0.717, 1.165) is 22.4 Å². The lowest BCUT2D eigenvalue weighted by molar-refractivity contribution is 0.0962. The van der Waals surface area contributed by atoms with Gasteiger partial charge in [0.25, 0.3) is 5.91 Å². The number of amides is 1. The zero-order valence-corrected chi connectivity index (χ0v) is 18.1. The number of methoxy groups -OCH3 is 1. The Bertz CT molecular complexity index is 1250. The predicted molar refractivity (Wildman–Crippen MR) is 123 cm³/mol. The molecule has 5 rings (SSSR count). The minimum absolute atomic E-state index is 0.0790. The van der Waals surface area contributed by atoms with E-state index in [1.807, 2.05) is 72.3 Å². The fourth-order valence-corrected chi connectivity index (χ4v) is 4.53. The van der Waals surface area contributed by atoms with Gasteiger partial charge in [-0.2, -0.15) is 10.1 Å². The zero-order valence-electron chi connectivity index (χ0n) is 18.1. The van der Waals surface area contributed by atoms with E-state index in [2.05, 4.69) is 28.3 Å². The van der Waals surface area contributed by atoms with Gasteiger partial charge in [0, 0.05) is 11.1 Å². The average Bonchev–Trinajstić information content (AvgIpc) is 3.33. The number of nitrogens with zero attached hydrogens (tertiary/aromatic N) is 4. The second-order valence-electron chi connectivity index (χ2n) is 7.91. The summed E-state index contributed by atoms with van der Waals surface area (Å²) in [4.78, 5) is 20.2. The third-order valence-electron chi connectivity index (χ3n) is 6.10. The van der Waals surface area contributed by atoms with Crippen molar-refractivity contribution >= 4 is 11.9 Å². The highest BCUT2D eigenvalue weighted by Gasteiger charge is 2.40. The number of para-hydroxylation sites is 1. The van der Waals surface area contributed by atoms with E-state index in [9.17, 15) is 4.79 Å². The van der Waals surface area contributed by atoms with E-state index < -0.39 is 0 Å². The van der Waals surface area contributed by atoms with Crippen molar-refractivity contribution in [3.63, 3.8) is 0 Å². The summed E-state index contributed by atoms with van der Waals surface area (Å²) >= 11 is 0. The molecule has 0 radical (unpaired) electrons. The van der Waals surface area contributed by atoms with Crippen LogP contribution in [-0.2, 0) is 0 Å². The van der Waals surface area contributed by atoms with Crippen LogP contribution in [0.3, 0.4) is 0 Å². The number of carbonyl (C=O) groups excluding carboxylic acids is 1. The standard InChI is InChI=1S/C26H24N4O2/c1-18-10-6-7-13-20(18)25(31)29-22(19-11-4-3-5-12-19)16-23(30-26(29)27-17-28-30)21-14-8-9-15-24(21)32-2/h3-15,17,22-23H,16H2,1-2H3/t22-,23+/m0/s1. The normalized spacial score (nSPS) is 17.6. The lowest BCUT2D eigenvalue weighted by Gasteiger charge is -2.39. The first-order valence-electron chi connectivity index (χ1n) is 10.7. The number of rotatable bonds is 4. The molecular formula is C26H24N4O2. The van der Waals surface area contributed by atoms with Crippen molar-refractivity contribution in [2.45, 2.75) is 25.4 Å². The molecule has 2 heterocycles. The number of hydrogen-bond donors (Lipinski definition) is 0. The van der Waals surface area contributed by atoms with Crippen LogP contribution in [0.25, 0.3) is 0 Å². The summed E-state index contributed by atoms with van der Waals surface area (Å²) in [5.74, 6) is 1.25. The molecule has 0 saturated carbocycles. The smallest absolute Gasteiger partial charge is 0.261 e. The predicted octanol–water partition coefficient (Wildman–Crippen LogP) is 4.98. The van der Waals surface area contributed by atoms with Crippen molar-refractivity contribution in [3.05, 3.63) is 107 Å². The maximum absolute atomic E-state index is 13.9. The van der Waals surface area contributed by atoms with Crippen LogP contribution in [0.5, 0.6) is 5.75 Å². The van der Waals surface area contributed by atoms with E-state index >= 15 is 0 Å². The molecule has 1 aromatic heterocycles. The summed E-state index contributed by atoms with van der Waals surface area (Å²) in [5.41, 5.74) is 3.68. The molecule has 0 spiro atoms. The van der Waals surface area contributed by atoms with Gasteiger partial charge in [-0.25, -0.2) is 4.68 Å². The van der Waals surface area contributed by atoms with Crippen molar-refractivity contribution in [1.82, 2.24) is 14.8 Å². The van der Waals surface area contributed by atoms with Crippen molar-refractivity contribution in [2.75, 3.05) is 12.0 Å². The number of anilines is 1. The fourth-order valence-electron chi connectivity index (χ4n) is 4.53. The minimum Gasteiger partial charge on any atom is -0.496 e. The minimum atomic E-state index is -0.199. The van der Waals surface area contributed by atoms with Gasteiger partial charge in [0.15, 0.2) is 0 Å². The summed E-state index contributed by atoms with van der Waals surface area (Å²) in [6, 6.07) is 25.4. The van der Waals surface area contributed by atoms with Crippen molar-refractivity contribution in [1.29, 1.82) is 0 Å². The van der Waals surface area contributed by atoms with Crippen LogP contribution in [0, 0.1) is 6.92 Å². The number of benzene rings is 3. The van der Waals surface area contributed by atoms with Gasteiger partial charge in [-0.1, -0.05) is 66.7 Å². The van der Waals surface area contributed by atoms with Crippen LogP contribution in [0.4, 0.5) is 5.95 Å². The maximum atomic E-state index is 13.9. The third-order valence-corrected chi connectivity index (χ3v) is 6.10. The monoisotopic (exact) mass is 424 g/mol. The molecule has 3 aromatic carbocycles. The number of aromatic nitrogens is 3. The van der Waals surface area contributed by atoms with Crippen LogP contribution in [0.1, 0.15) is 45.6 Å². The number of ether oxygens (including phenoxy) is 1. The highest BCUT2D eigenvalue weighted by Crippen LogP contribution is 2.44. The van der Waals surface area contributed by atoms with Crippen molar-refractivity contribution < 1.29 is 9.53 Å². The van der Waals surface area contributed by atoms with E-state index in [4.69, 9.17) is 4.74 Å². The molecule has 2 atom stereocenters. The molecule has 32 heavy (non-hydrogen) atoms. The van der Waals surface area contributed by atoms with Crippen LogP contribution < -0.4 is 9.64 Å². The Kier molecular flexibility index (Phi) is 5.19. The van der Waals surface area contributed by atoms with Gasteiger partial charge in [-0.3, -0.25) is 9.69 Å². The van der Waals surface area contributed by atoms with E-state index in [1.165, 1.54) is 6.33 Å².